The third-order valence-electron chi connectivity index (χ3n) is 4.00. The molecule has 0 saturated carbocycles. The number of carbonyl (C=O) groups is 1. The van der Waals surface area contributed by atoms with Gasteiger partial charge in [-0.3, -0.25) is 4.79 Å². The van der Waals surface area contributed by atoms with Gasteiger partial charge in [-0.2, -0.15) is 0 Å². The number of nitrogens with one attached hydrogen (secondary N) is 2. The van der Waals surface area contributed by atoms with Crippen LogP contribution in [0, 0.1) is 0 Å². The second kappa shape index (κ2) is 6.83. The normalized spacial score (nSPS) is 18.8. The van der Waals surface area contributed by atoms with Crippen molar-refractivity contribution in [2.24, 2.45) is 5.73 Å². The van der Waals surface area contributed by atoms with E-state index in [-0.39, 0.29) is 23.2 Å². The van der Waals surface area contributed by atoms with E-state index in [4.69, 9.17) is 10.5 Å². The summed E-state index contributed by atoms with van der Waals surface area (Å²) < 4.78 is 34.3. The van der Waals surface area contributed by atoms with Crippen molar-refractivity contribution in [2.45, 2.75) is 30.3 Å². The number of halogens is 1. The van der Waals surface area contributed by atoms with E-state index in [1.165, 1.54) is 0 Å². The molecule has 1 amide bonds. The molecule has 130 valence electrons. The Morgan fingerprint density at radius 1 is 1.42 bits per heavy atom. The number of amides is 1. The summed E-state index contributed by atoms with van der Waals surface area (Å²) in [7, 11) is -3.92. The Labute approximate surface area is 148 Å². The smallest absolute Gasteiger partial charge is 0.266 e. The molecule has 24 heavy (non-hydrogen) atoms. The number of aromatic amines is 1. The first-order valence-electron chi connectivity index (χ1n) is 7.61. The Kier molecular flexibility index (Phi) is 4.95. The summed E-state index contributed by atoms with van der Waals surface area (Å²) in [6.07, 6.45) is 2.66. The van der Waals surface area contributed by atoms with Gasteiger partial charge in [0.25, 0.3) is 5.91 Å². The molecule has 9 heteroatoms. The monoisotopic (exact) mass is 415 g/mol. The zero-order chi connectivity index (χ0) is 17.3. The van der Waals surface area contributed by atoms with Crippen LogP contribution in [0.3, 0.4) is 0 Å². The third-order valence-corrected chi connectivity index (χ3v) is 6.00. The molecule has 1 unspecified atom stereocenters. The zero-order valence-corrected chi connectivity index (χ0v) is 15.2. The highest BCUT2D eigenvalue weighted by atomic mass is 79.9. The van der Waals surface area contributed by atoms with E-state index in [1.54, 1.807) is 18.2 Å². The molecule has 0 bridgehead atoms. The van der Waals surface area contributed by atoms with Crippen molar-refractivity contribution in [3.63, 3.8) is 0 Å². The van der Waals surface area contributed by atoms with E-state index in [9.17, 15) is 13.2 Å². The van der Waals surface area contributed by atoms with Gasteiger partial charge < -0.3 is 15.5 Å². The van der Waals surface area contributed by atoms with Gasteiger partial charge in [0, 0.05) is 28.5 Å². The molecule has 1 fully saturated rings. The molecule has 4 N–H and O–H groups in total. The van der Waals surface area contributed by atoms with Crippen LogP contribution in [-0.2, 0) is 14.8 Å². The summed E-state index contributed by atoms with van der Waals surface area (Å²) in [5.41, 5.74) is 5.76. The van der Waals surface area contributed by atoms with Gasteiger partial charge in [0.05, 0.1) is 6.10 Å². The Morgan fingerprint density at radius 2 is 2.21 bits per heavy atom. The van der Waals surface area contributed by atoms with Gasteiger partial charge in [0.1, 0.15) is 10.6 Å². The number of fused-ring (bicyclic) bond motifs is 1. The van der Waals surface area contributed by atoms with E-state index >= 15 is 0 Å². The van der Waals surface area contributed by atoms with Gasteiger partial charge in [0.2, 0.25) is 10.0 Å². The lowest BCUT2D eigenvalue weighted by molar-refractivity contribution is 0.0200. The largest absolute Gasteiger partial charge is 0.377 e. The first kappa shape index (κ1) is 17.4. The second-order valence-corrected chi connectivity index (χ2v) is 8.34. The summed E-state index contributed by atoms with van der Waals surface area (Å²) in [5, 5.41) is 0.412. The Morgan fingerprint density at radius 3 is 2.88 bits per heavy atom. The SMILES string of the molecule is NC(=O)c1[nH]c2ccc(Br)cc2c1S(=O)(=O)NCC1CCCCO1. The molecule has 2 heterocycles. The Balaban J connectivity index is 1.97. The fourth-order valence-corrected chi connectivity index (χ4v) is 4.62. The van der Waals surface area contributed by atoms with Crippen molar-refractivity contribution in [1.82, 2.24) is 9.71 Å². The third kappa shape index (κ3) is 3.49. The molecule has 1 saturated heterocycles. The van der Waals surface area contributed by atoms with Crippen LogP contribution in [-0.4, -0.2) is 38.6 Å². The molecule has 3 rings (SSSR count). The van der Waals surface area contributed by atoms with Crippen molar-refractivity contribution in [3.05, 3.63) is 28.4 Å². The maximum Gasteiger partial charge on any atom is 0.266 e. The quantitative estimate of drug-likeness (QED) is 0.691. The molecule has 1 aromatic heterocycles. The van der Waals surface area contributed by atoms with Crippen LogP contribution >= 0.6 is 15.9 Å². The number of hydrogen-bond acceptors (Lipinski definition) is 4. The van der Waals surface area contributed by atoms with Crippen LogP contribution in [0.4, 0.5) is 0 Å². The number of carbonyl (C=O) groups excluding carboxylic acids is 1. The minimum atomic E-state index is -3.92. The van der Waals surface area contributed by atoms with Crippen LogP contribution < -0.4 is 10.5 Å². The van der Waals surface area contributed by atoms with Gasteiger partial charge in [0.15, 0.2) is 0 Å². The summed E-state index contributed by atoms with van der Waals surface area (Å²) in [6, 6.07) is 5.09. The van der Waals surface area contributed by atoms with Gasteiger partial charge >= 0.3 is 0 Å². The van der Waals surface area contributed by atoms with Crippen LogP contribution in [0.5, 0.6) is 0 Å². The number of hydrogen-bond donors (Lipinski definition) is 3. The van der Waals surface area contributed by atoms with Crippen LogP contribution in [0.15, 0.2) is 27.6 Å². The number of rotatable bonds is 5. The standard InChI is InChI=1S/C15H18BrN3O4S/c16-9-4-5-12-11(7-9)14(13(19-12)15(17)20)24(21,22)18-8-10-3-1-2-6-23-10/h4-5,7,10,18-19H,1-3,6,8H2,(H2,17,20). The number of primary amides is 1. The van der Waals surface area contributed by atoms with E-state index in [0.717, 1.165) is 19.3 Å². The summed E-state index contributed by atoms with van der Waals surface area (Å²) in [5.74, 6) is -0.823. The number of nitrogens with two attached hydrogens (primary N) is 1. The summed E-state index contributed by atoms with van der Waals surface area (Å²) >= 11 is 3.32. The fourth-order valence-electron chi connectivity index (χ4n) is 2.84. The zero-order valence-electron chi connectivity index (χ0n) is 12.8. The van der Waals surface area contributed by atoms with Crippen LogP contribution in [0.2, 0.25) is 0 Å². The average molecular weight is 416 g/mol. The first-order valence-corrected chi connectivity index (χ1v) is 9.88. The van der Waals surface area contributed by atoms with Gasteiger partial charge in [-0.25, -0.2) is 13.1 Å². The lowest BCUT2D eigenvalue weighted by atomic mass is 10.1. The van der Waals surface area contributed by atoms with Crippen molar-refractivity contribution >= 4 is 42.8 Å². The Bertz CT molecular complexity index is 872. The van der Waals surface area contributed by atoms with Crippen LogP contribution in [0.25, 0.3) is 10.9 Å². The van der Waals surface area contributed by atoms with E-state index in [2.05, 4.69) is 25.6 Å². The highest BCUT2D eigenvalue weighted by Crippen LogP contribution is 2.29. The number of ether oxygens (including phenoxy) is 1. The molecular formula is C15H18BrN3O4S. The second-order valence-electron chi connectivity index (χ2n) is 5.72. The number of H-pyrrole nitrogens is 1. The first-order chi connectivity index (χ1) is 11.4. The molecule has 1 aromatic carbocycles. The topological polar surface area (TPSA) is 114 Å². The maximum absolute atomic E-state index is 12.8. The van der Waals surface area contributed by atoms with Crippen molar-refractivity contribution in [3.8, 4) is 0 Å². The number of sulfonamides is 1. The van der Waals surface area contributed by atoms with Gasteiger partial charge in [-0.1, -0.05) is 15.9 Å². The molecule has 2 aromatic rings. The highest BCUT2D eigenvalue weighted by Gasteiger charge is 2.28. The summed E-state index contributed by atoms with van der Waals surface area (Å²) in [4.78, 5) is 14.4. The van der Waals surface area contributed by atoms with Crippen LogP contribution in [0.1, 0.15) is 29.8 Å². The Hall–Kier alpha value is -1.42. The van der Waals surface area contributed by atoms with E-state index in [0.29, 0.717) is 22.0 Å². The number of aromatic nitrogens is 1. The van der Waals surface area contributed by atoms with E-state index in [1.807, 2.05) is 0 Å². The minimum absolute atomic E-state index is 0.123. The van der Waals surface area contributed by atoms with Crippen molar-refractivity contribution < 1.29 is 17.9 Å². The highest BCUT2D eigenvalue weighted by molar-refractivity contribution is 9.10. The average Bonchev–Trinajstić information content (AvgIpc) is 2.94. The van der Waals surface area contributed by atoms with Gasteiger partial charge in [-0.15, -0.1) is 0 Å². The van der Waals surface area contributed by atoms with Crippen molar-refractivity contribution in [2.75, 3.05) is 13.2 Å². The molecule has 0 radical (unpaired) electrons. The lowest BCUT2D eigenvalue weighted by Gasteiger charge is -2.22. The molecular weight excluding hydrogens is 398 g/mol. The van der Waals surface area contributed by atoms with Gasteiger partial charge in [-0.05, 0) is 37.5 Å². The molecule has 1 atom stereocenters. The molecule has 0 aliphatic carbocycles. The van der Waals surface area contributed by atoms with E-state index < -0.39 is 15.9 Å². The molecule has 1 aliphatic heterocycles. The minimum Gasteiger partial charge on any atom is -0.377 e. The molecule has 0 spiro atoms. The molecule has 7 nitrogen and oxygen atoms in total. The fraction of sp³-hybridized carbons (Fsp3) is 0.400. The predicted octanol–water partition coefficient (Wildman–Crippen LogP) is 1.88. The van der Waals surface area contributed by atoms with Crippen molar-refractivity contribution in [1.29, 1.82) is 0 Å². The maximum atomic E-state index is 12.8. The predicted molar refractivity (Wildman–Crippen MR) is 93.3 cm³/mol. The lowest BCUT2D eigenvalue weighted by Crippen LogP contribution is -2.36. The molecule has 1 aliphatic rings. The summed E-state index contributed by atoms with van der Waals surface area (Å²) in [6.45, 7) is 0.806. The number of benzene rings is 1.